The lowest BCUT2D eigenvalue weighted by Gasteiger charge is -2.24. The number of amides is 2. The van der Waals surface area contributed by atoms with E-state index in [1.54, 1.807) is 9.80 Å². The lowest BCUT2D eigenvalue weighted by atomic mass is 10.2. The van der Waals surface area contributed by atoms with Gasteiger partial charge in [0.1, 0.15) is 6.04 Å². The second-order valence-electron chi connectivity index (χ2n) is 4.27. The monoisotopic (exact) mass is 220 g/mol. The molecule has 0 saturated carbocycles. The molecule has 2 heterocycles. The van der Waals surface area contributed by atoms with Crippen LogP contribution in [0.4, 0.5) is 0 Å². The second kappa shape index (κ2) is 4.56. The maximum Gasteiger partial charge on any atom is 0.245 e. The van der Waals surface area contributed by atoms with E-state index in [1.807, 2.05) is 0 Å². The van der Waals surface area contributed by atoms with E-state index in [-0.39, 0.29) is 17.9 Å². The Morgan fingerprint density at radius 1 is 1.38 bits per heavy atom. The first-order chi connectivity index (χ1) is 7.74. The van der Waals surface area contributed by atoms with Gasteiger partial charge in [0.25, 0.3) is 0 Å². The van der Waals surface area contributed by atoms with Gasteiger partial charge >= 0.3 is 0 Å². The first-order valence-electron chi connectivity index (χ1n) is 5.76. The lowest BCUT2D eigenvalue weighted by molar-refractivity contribution is -0.139. The minimum absolute atomic E-state index is 0.0820. The average Bonchev–Trinajstić information content (AvgIpc) is 2.73. The zero-order chi connectivity index (χ0) is 11.5. The van der Waals surface area contributed by atoms with Crippen molar-refractivity contribution < 1.29 is 9.59 Å². The highest BCUT2D eigenvalue weighted by molar-refractivity contribution is 5.90. The van der Waals surface area contributed by atoms with Crippen LogP contribution >= 0.6 is 0 Å². The third kappa shape index (κ3) is 1.90. The predicted octanol–water partition coefficient (Wildman–Crippen LogP) is 0.233. The maximum absolute atomic E-state index is 12.1. The van der Waals surface area contributed by atoms with Crippen molar-refractivity contribution in [2.75, 3.05) is 19.6 Å². The van der Waals surface area contributed by atoms with Gasteiger partial charge in [-0.05, 0) is 12.8 Å². The lowest BCUT2D eigenvalue weighted by Crippen LogP contribution is -2.43. The fourth-order valence-corrected chi connectivity index (χ4v) is 2.44. The summed E-state index contributed by atoms with van der Waals surface area (Å²) < 4.78 is 0. The molecule has 2 rings (SSSR count). The number of hydrogen-bond acceptors (Lipinski definition) is 2. The Balaban J connectivity index is 2.10. The van der Waals surface area contributed by atoms with Gasteiger partial charge in [-0.2, -0.15) is 0 Å². The molecule has 2 amide bonds. The van der Waals surface area contributed by atoms with Gasteiger partial charge in [-0.25, -0.2) is 0 Å². The first-order valence-corrected chi connectivity index (χ1v) is 5.76. The zero-order valence-corrected chi connectivity index (χ0v) is 9.32. The van der Waals surface area contributed by atoms with Gasteiger partial charge in [-0.15, -0.1) is 12.3 Å². The van der Waals surface area contributed by atoms with Crippen LogP contribution < -0.4 is 0 Å². The Bertz CT molecular complexity index is 345. The molecule has 2 fully saturated rings. The Morgan fingerprint density at radius 3 is 2.94 bits per heavy atom. The standard InChI is InChI=1S/C12H16N2O2/c1-2-3-7-13-9-6-11(15)14-8-4-5-10(14)12(13)16/h1,10H,3-9H2. The van der Waals surface area contributed by atoms with Crippen molar-refractivity contribution in [1.82, 2.24) is 9.80 Å². The normalized spacial score (nSPS) is 25.3. The summed E-state index contributed by atoms with van der Waals surface area (Å²) in [7, 11) is 0. The van der Waals surface area contributed by atoms with E-state index in [4.69, 9.17) is 6.42 Å². The fourth-order valence-electron chi connectivity index (χ4n) is 2.44. The molecule has 0 aliphatic carbocycles. The number of carbonyl (C=O) groups is 2. The van der Waals surface area contributed by atoms with Crippen molar-refractivity contribution in [3.8, 4) is 12.3 Å². The van der Waals surface area contributed by atoms with E-state index < -0.39 is 0 Å². The van der Waals surface area contributed by atoms with Crippen LogP contribution in [0.5, 0.6) is 0 Å². The van der Waals surface area contributed by atoms with Crippen molar-refractivity contribution in [2.24, 2.45) is 0 Å². The largest absolute Gasteiger partial charge is 0.339 e. The highest BCUT2D eigenvalue weighted by atomic mass is 16.2. The van der Waals surface area contributed by atoms with Crippen molar-refractivity contribution in [3.05, 3.63) is 0 Å². The molecule has 0 radical (unpaired) electrons. The molecular weight excluding hydrogens is 204 g/mol. The van der Waals surface area contributed by atoms with E-state index >= 15 is 0 Å². The smallest absolute Gasteiger partial charge is 0.245 e. The number of rotatable bonds is 2. The van der Waals surface area contributed by atoms with E-state index in [2.05, 4.69) is 5.92 Å². The Kier molecular flexibility index (Phi) is 3.14. The molecule has 2 aliphatic heterocycles. The van der Waals surface area contributed by atoms with Crippen LogP contribution in [-0.4, -0.2) is 47.3 Å². The third-order valence-corrected chi connectivity index (χ3v) is 3.29. The van der Waals surface area contributed by atoms with Gasteiger partial charge in [0.05, 0.1) is 0 Å². The number of hydrogen-bond donors (Lipinski definition) is 0. The molecule has 86 valence electrons. The molecule has 16 heavy (non-hydrogen) atoms. The van der Waals surface area contributed by atoms with Crippen molar-refractivity contribution in [1.29, 1.82) is 0 Å². The van der Waals surface area contributed by atoms with Crippen LogP contribution in [0.3, 0.4) is 0 Å². The van der Waals surface area contributed by atoms with Crippen LogP contribution in [0.1, 0.15) is 25.7 Å². The van der Waals surface area contributed by atoms with Gasteiger partial charge in [0.15, 0.2) is 0 Å². The molecule has 0 bridgehead atoms. The number of terminal acetylenes is 1. The Morgan fingerprint density at radius 2 is 2.19 bits per heavy atom. The SMILES string of the molecule is C#CCCN1CCC(=O)N2CCCC2C1=O. The Labute approximate surface area is 95.6 Å². The molecule has 0 aromatic carbocycles. The topological polar surface area (TPSA) is 40.6 Å². The summed E-state index contributed by atoms with van der Waals surface area (Å²) in [5.74, 6) is 2.73. The average molecular weight is 220 g/mol. The summed E-state index contributed by atoms with van der Waals surface area (Å²) in [5.41, 5.74) is 0. The maximum atomic E-state index is 12.1. The summed E-state index contributed by atoms with van der Waals surface area (Å²) >= 11 is 0. The van der Waals surface area contributed by atoms with Crippen LogP contribution in [0.15, 0.2) is 0 Å². The molecule has 0 N–H and O–H groups in total. The minimum atomic E-state index is -0.215. The summed E-state index contributed by atoms with van der Waals surface area (Å²) in [4.78, 5) is 27.4. The van der Waals surface area contributed by atoms with Gasteiger partial charge in [0, 0.05) is 32.5 Å². The zero-order valence-electron chi connectivity index (χ0n) is 9.32. The van der Waals surface area contributed by atoms with Crippen LogP contribution in [0.25, 0.3) is 0 Å². The molecule has 4 heteroatoms. The van der Waals surface area contributed by atoms with E-state index in [1.165, 1.54) is 0 Å². The quantitative estimate of drug-likeness (QED) is 0.625. The van der Waals surface area contributed by atoms with Gasteiger partial charge < -0.3 is 9.80 Å². The Hall–Kier alpha value is -1.50. The molecule has 0 aromatic rings. The highest BCUT2D eigenvalue weighted by Gasteiger charge is 2.38. The van der Waals surface area contributed by atoms with Gasteiger partial charge in [0.2, 0.25) is 11.8 Å². The molecular formula is C12H16N2O2. The number of fused-ring (bicyclic) bond motifs is 1. The van der Waals surface area contributed by atoms with Crippen molar-refractivity contribution in [3.63, 3.8) is 0 Å². The van der Waals surface area contributed by atoms with Crippen molar-refractivity contribution >= 4 is 11.8 Å². The molecule has 0 spiro atoms. The first kappa shape index (κ1) is 11.0. The summed E-state index contributed by atoms with van der Waals surface area (Å²) in [6.45, 7) is 1.83. The van der Waals surface area contributed by atoms with Crippen LogP contribution in [0.2, 0.25) is 0 Å². The highest BCUT2D eigenvalue weighted by Crippen LogP contribution is 2.23. The minimum Gasteiger partial charge on any atom is -0.339 e. The summed E-state index contributed by atoms with van der Waals surface area (Å²) in [6, 6.07) is -0.215. The van der Waals surface area contributed by atoms with Crippen LogP contribution in [0, 0.1) is 12.3 Å². The molecule has 1 atom stereocenters. The third-order valence-electron chi connectivity index (χ3n) is 3.29. The molecule has 4 nitrogen and oxygen atoms in total. The predicted molar refractivity (Wildman–Crippen MR) is 59.4 cm³/mol. The molecule has 2 aliphatic rings. The second-order valence-corrected chi connectivity index (χ2v) is 4.27. The van der Waals surface area contributed by atoms with E-state index in [0.29, 0.717) is 25.9 Å². The number of nitrogens with zero attached hydrogens (tertiary/aromatic N) is 2. The van der Waals surface area contributed by atoms with Crippen molar-refractivity contribution in [2.45, 2.75) is 31.7 Å². The van der Waals surface area contributed by atoms with E-state index in [9.17, 15) is 9.59 Å². The molecule has 1 unspecified atom stereocenters. The van der Waals surface area contributed by atoms with E-state index in [0.717, 1.165) is 19.4 Å². The van der Waals surface area contributed by atoms with Crippen LogP contribution in [-0.2, 0) is 9.59 Å². The summed E-state index contributed by atoms with van der Waals surface area (Å²) in [6.07, 6.45) is 7.94. The molecule has 0 aromatic heterocycles. The van der Waals surface area contributed by atoms with Gasteiger partial charge in [-0.3, -0.25) is 9.59 Å². The summed E-state index contributed by atoms with van der Waals surface area (Å²) in [5, 5.41) is 0. The van der Waals surface area contributed by atoms with Gasteiger partial charge in [-0.1, -0.05) is 0 Å². The molecule has 2 saturated heterocycles. The fraction of sp³-hybridized carbons (Fsp3) is 0.667. The number of carbonyl (C=O) groups excluding carboxylic acids is 2.